The van der Waals surface area contributed by atoms with Crippen LogP contribution in [0.15, 0.2) is 0 Å². The molecule has 0 fully saturated rings. The molecule has 0 amide bonds. The monoisotopic (exact) mass is 712 g/mol. The van der Waals surface area contributed by atoms with Crippen molar-refractivity contribution in [3.8, 4) is 0 Å². The van der Waals surface area contributed by atoms with Crippen molar-refractivity contribution in [1.82, 2.24) is 0 Å². The van der Waals surface area contributed by atoms with Crippen molar-refractivity contribution in [2.75, 3.05) is 0 Å². The van der Waals surface area contributed by atoms with Crippen LogP contribution in [0.1, 0.15) is 0 Å². The van der Waals surface area contributed by atoms with Crippen LogP contribution in [-0.4, -0.2) is 30.5 Å². The Morgan fingerprint density at radius 3 is 0.308 bits per heavy atom. The van der Waals surface area contributed by atoms with E-state index in [1.54, 1.807) is 0 Å². The maximum absolute atomic E-state index is 8.25. The predicted octanol–water partition coefficient (Wildman–Crippen LogP) is -1.43. The van der Waals surface area contributed by atoms with Crippen LogP contribution in [0, 0.1) is 176 Å². The summed E-state index contributed by atoms with van der Waals surface area (Å²) in [5.74, 6) is 0. The second-order valence-electron chi connectivity index (χ2n) is 1.34. The van der Waals surface area contributed by atoms with E-state index >= 15 is 0 Å². The second-order valence-corrected chi connectivity index (χ2v) is 1.34. The Hall–Kier alpha value is -2.03. The first-order valence-electron chi connectivity index (χ1n) is 3.29. The van der Waals surface area contributed by atoms with Crippen molar-refractivity contribution in [1.29, 1.82) is 0 Å². The standard InChI is InChI=1S/Er.6NO3.Yb/c;6*2-1(3)4;/q+3;6*-1;+3. The van der Waals surface area contributed by atoms with Gasteiger partial charge in [0.1, 0.15) is 0 Å². The Bertz CT molecular complexity index is 263. The molecule has 0 spiro atoms. The molecule has 0 saturated carbocycles. The molecule has 0 N–H and O–H groups in total. The van der Waals surface area contributed by atoms with Crippen LogP contribution < -0.4 is 0 Å². The minimum absolute atomic E-state index is 0. The van der Waals surface area contributed by atoms with Gasteiger partial charge in [0, 0.05) is 0 Å². The molecule has 0 rings (SSSR count). The topological polar surface area (TPSA) is 397 Å². The van der Waals surface area contributed by atoms with Crippen molar-refractivity contribution in [3.63, 3.8) is 0 Å². The fraction of sp³-hybridized carbons (Fsp3) is 0. The SMILES string of the molecule is O=[N+]([O-])[O-].O=[N+]([O-])[O-].O=[N+]([O-])[O-].O=[N+]([O-])[O-].O=[N+]([O-])[O-].O=[N+]([O-])[O-].[Er+3].[Yb+3]. The first-order valence-corrected chi connectivity index (χ1v) is 3.29. The quantitative estimate of drug-likeness (QED) is 0.205. The summed E-state index contributed by atoms with van der Waals surface area (Å²) in [5, 5.41) is 88.5. The summed E-state index contributed by atoms with van der Waals surface area (Å²) in [5.41, 5.74) is 0. The largest absolute Gasteiger partial charge is 3.00 e. The molecule has 0 aromatic rings. The van der Waals surface area contributed by atoms with Crippen molar-refractivity contribution in [2.24, 2.45) is 0 Å². The van der Waals surface area contributed by atoms with E-state index in [1.165, 1.54) is 0 Å². The first-order chi connectivity index (χ1) is 10.4. The molecule has 2 radical (unpaired) electrons. The number of rotatable bonds is 0. The summed E-state index contributed by atoms with van der Waals surface area (Å²) >= 11 is 0. The Morgan fingerprint density at radius 2 is 0.308 bits per heavy atom. The van der Waals surface area contributed by atoms with Gasteiger partial charge < -0.3 is 91.9 Å². The van der Waals surface area contributed by atoms with E-state index in [0.29, 0.717) is 0 Å². The predicted molar refractivity (Wildman–Crippen MR) is 62.2 cm³/mol. The molecular weight excluding hydrogens is 712 g/mol. The van der Waals surface area contributed by atoms with E-state index in [1.807, 2.05) is 0 Å². The molecule has 0 aliphatic rings. The van der Waals surface area contributed by atoms with E-state index in [-0.39, 0.29) is 84.2 Å². The molecular formula is ErN6O18Yb. The van der Waals surface area contributed by atoms with Gasteiger partial charge >= 0.3 is 84.2 Å². The molecule has 0 aromatic heterocycles. The molecule has 24 nitrogen and oxygen atoms in total. The van der Waals surface area contributed by atoms with Crippen molar-refractivity contribution >= 4 is 0 Å². The van der Waals surface area contributed by atoms with E-state index in [0.717, 1.165) is 0 Å². The third-order valence-corrected chi connectivity index (χ3v) is 0. The van der Waals surface area contributed by atoms with E-state index in [2.05, 4.69) is 0 Å². The first kappa shape index (κ1) is 49.6. The molecule has 0 atom stereocenters. The number of hydrogen-bond donors (Lipinski definition) is 0. The Balaban J connectivity index is -0.0000000245. The van der Waals surface area contributed by atoms with Crippen LogP contribution in [0.2, 0.25) is 0 Å². The second kappa shape index (κ2) is 43.5. The third-order valence-electron chi connectivity index (χ3n) is 0. The fourth-order valence-corrected chi connectivity index (χ4v) is 0. The van der Waals surface area contributed by atoms with Gasteiger partial charge in [-0.15, -0.1) is 0 Å². The summed E-state index contributed by atoms with van der Waals surface area (Å²) in [7, 11) is 0. The third kappa shape index (κ3) is 2330. The summed E-state index contributed by atoms with van der Waals surface area (Å²) < 4.78 is 0. The minimum atomic E-state index is -1.75. The van der Waals surface area contributed by atoms with Crippen LogP contribution >= 0.6 is 0 Å². The molecule has 164 valence electrons. The average Bonchev–Trinajstić information content (AvgIpc) is 2.08. The van der Waals surface area contributed by atoms with Crippen molar-refractivity contribution in [2.45, 2.75) is 0 Å². The molecule has 0 aliphatic carbocycles. The van der Waals surface area contributed by atoms with Gasteiger partial charge in [0.25, 0.3) is 0 Å². The maximum atomic E-state index is 8.25. The summed E-state index contributed by atoms with van der Waals surface area (Å²) in [6.45, 7) is 0. The molecule has 0 aliphatic heterocycles. The van der Waals surface area contributed by atoms with Gasteiger partial charge in [-0.3, -0.25) is 0 Å². The molecule has 26 heteroatoms. The molecule has 0 heterocycles. The van der Waals surface area contributed by atoms with E-state index in [9.17, 15) is 0 Å². The molecule has 0 aromatic carbocycles. The van der Waals surface area contributed by atoms with Gasteiger partial charge in [-0.05, 0) is 0 Å². The maximum Gasteiger partial charge on any atom is 3.00 e. The van der Waals surface area contributed by atoms with Gasteiger partial charge in [0.15, 0.2) is 0 Å². The van der Waals surface area contributed by atoms with Gasteiger partial charge in [-0.25, -0.2) is 0 Å². The van der Waals surface area contributed by atoms with Crippen molar-refractivity contribution < 1.29 is 115 Å². The zero-order chi connectivity index (χ0) is 21.5. The Labute approximate surface area is 204 Å². The average molecular weight is 712 g/mol. The Kier molecular flexibility index (Phi) is 82.9. The van der Waals surface area contributed by atoms with Gasteiger partial charge in [0.05, 0.1) is 30.5 Å². The zero-order valence-electron chi connectivity index (χ0n) is 10.6. The van der Waals surface area contributed by atoms with Gasteiger partial charge in [-0.2, -0.15) is 0 Å². The molecule has 0 saturated heterocycles. The van der Waals surface area contributed by atoms with Crippen molar-refractivity contribution in [3.05, 3.63) is 91.9 Å². The summed E-state index contributed by atoms with van der Waals surface area (Å²) in [6.07, 6.45) is 0. The summed E-state index contributed by atoms with van der Waals surface area (Å²) in [6, 6.07) is 0. The zero-order valence-corrected chi connectivity index (χ0v) is 14.2. The van der Waals surface area contributed by atoms with Crippen LogP contribution in [0.4, 0.5) is 0 Å². The smallest absolute Gasteiger partial charge is 0.356 e. The van der Waals surface area contributed by atoms with E-state index < -0.39 is 30.5 Å². The number of nitrogens with zero attached hydrogens (tertiary/aromatic N) is 6. The number of hydrogen-bond acceptors (Lipinski definition) is 18. The Morgan fingerprint density at radius 1 is 0.308 bits per heavy atom. The van der Waals surface area contributed by atoms with E-state index in [4.69, 9.17) is 91.9 Å². The van der Waals surface area contributed by atoms with Crippen LogP contribution in [0.5, 0.6) is 0 Å². The fourth-order valence-electron chi connectivity index (χ4n) is 0. The van der Waals surface area contributed by atoms with Crippen LogP contribution in [-0.2, 0) is 0 Å². The van der Waals surface area contributed by atoms with Gasteiger partial charge in [0.2, 0.25) is 0 Å². The summed E-state index contributed by atoms with van der Waals surface area (Å²) in [4.78, 5) is 49.5. The van der Waals surface area contributed by atoms with Crippen LogP contribution in [0.25, 0.3) is 0 Å². The van der Waals surface area contributed by atoms with Gasteiger partial charge in [-0.1, -0.05) is 0 Å². The minimum Gasteiger partial charge on any atom is -0.356 e. The molecule has 26 heavy (non-hydrogen) atoms. The molecule has 0 unspecified atom stereocenters. The normalized spacial score (nSPS) is 5.54. The van der Waals surface area contributed by atoms with Crippen LogP contribution in [0.3, 0.4) is 0 Å². The molecule has 0 bridgehead atoms.